The molecule has 22 unspecified atom stereocenters. The number of amides is 14. The minimum absolute atomic E-state index is 0.00911. The minimum atomic E-state index is -1.57. The van der Waals surface area contributed by atoms with E-state index in [9.17, 15) is 143 Å². The van der Waals surface area contributed by atoms with Gasteiger partial charge in [0.05, 0.1) is 44.6 Å². The predicted octanol–water partition coefficient (Wildman–Crippen LogP) is -6.29. The van der Waals surface area contributed by atoms with Gasteiger partial charge in [-0.2, -0.15) is 0 Å². The van der Waals surface area contributed by atoms with Gasteiger partial charge in [0.2, 0.25) is 70.9 Å². The maximum atomic E-state index is 14.2. The zero-order valence-corrected chi connectivity index (χ0v) is 86.7. The van der Waals surface area contributed by atoms with Gasteiger partial charge in [-0.3, -0.25) is 71.9 Å². The molecule has 0 aromatic heterocycles. The molecule has 4 heterocycles. The molecular formula is C94H158N14O39PS+. The van der Waals surface area contributed by atoms with Crippen molar-refractivity contribution < 1.29 is 190 Å². The first-order valence-corrected chi connectivity index (χ1v) is 52.6. The van der Waals surface area contributed by atoms with E-state index in [1.807, 2.05) is 0 Å². The van der Waals surface area contributed by atoms with Gasteiger partial charge in [0.15, 0.2) is 25.2 Å². The lowest BCUT2D eigenvalue weighted by molar-refractivity contribution is -0.270. The highest BCUT2D eigenvalue weighted by Gasteiger charge is 2.50. The number of carboxylic acids is 1. The first-order chi connectivity index (χ1) is 71.3. The minimum Gasteiger partial charge on any atom is -0.492 e. The van der Waals surface area contributed by atoms with E-state index in [2.05, 4.69) is 74.4 Å². The summed E-state index contributed by atoms with van der Waals surface area (Å²) in [6.07, 6.45) is -14.8. The molecule has 27 N–H and O–H groups in total. The SMILES string of the molecule is CC(=O)NC1C(OCCCCC(=O)NCCCC[C@H](NC(=O)CCCCOC2OC(CO)C(O)C(O)C2NC(C)=O)C(=O)NCCNC(=O)c2cc(OCCNC(=O)CCCCCNC(=O)C(CC(=O)O)SCCCCCCO[PH+]=O)cc(C(=O)NCCNC(=O)[C@H](CCCCNC(=O)CCCCOC3OC(CO)C(O)C(O)C3NC(C)=O)NC(=O)CCCCOC3OC(CO)C(O)C(O)C3NC(C)=O)c2)OC(CO)C(O)C1O. The first kappa shape index (κ1) is 130. The number of thioether (sulfide) groups is 1. The molecule has 53 nitrogen and oxygen atoms in total. The molecule has 4 aliphatic heterocycles. The Morgan fingerprint density at radius 3 is 1.00 bits per heavy atom. The van der Waals surface area contributed by atoms with Crippen LogP contribution < -0.4 is 79.2 Å². The number of nitrogens with one attached hydrogen (secondary N) is 14. The Labute approximate surface area is 869 Å². The number of carbonyl (C=O) groups is 15. The van der Waals surface area contributed by atoms with Crippen molar-refractivity contribution in [1.82, 2.24) is 74.4 Å². The summed E-state index contributed by atoms with van der Waals surface area (Å²) in [6, 6.07) is -3.24. The van der Waals surface area contributed by atoms with Gasteiger partial charge in [-0.25, -0.2) is 0 Å². The van der Waals surface area contributed by atoms with Crippen LogP contribution in [0.2, 0.25) is 0 Å². The molecule has 0 saturated carbocycles. The van der Waals surface area contributed by atoms with E-state index in [1.165, 1.54) is 57.7 Å². The Morgan fingerprint density at radius 1 is 0.342 bits per heavy atom. The van der Waals surface area contributed by atoms with Crippen LogP contribution in [-0.4, -0.2) is 419 Å². The molecular weight excluding hydrogens is 2010 g/mol. The van der Waals surface area contributed by atoms with Crippen molar-refractivity contribution in [2.24, 2.45) is 0 Å². The Morgan fingerprint density at radius 2 is 0.651 bits per heavy atom. The number of carbonyl (C=O) groups excluding carboxylic acids is 14. The summed E-state index contributed by atoms with van der Waals surface area (Å²) in [5.74, 6) is -8.24. The fourth-order valence-electron chi connectivity index (χ4n) is 16.2. The van der Waals surface area contributed by atoms with Crippen LogP contribution in [0.5, 0.6) is 5.75 Å². The highest BCUT2D eigenvalue weighted by molar-refractivity contribution is 8.00. The van der Waals surface area contributed by atoms with Gasteiger partial charge in [-0.05, 0) is 144 Å². The van der Waals surface area contributed by atoms with Crippen LogP contribution in [0.25, 0.3) is 0 Å². The Bertz CT molecular complexity index is 4040. The zero-order valence-electron chi connectivity index (χ0n) is 84.9. The second-order valence-electron chi connectivity index (χ2n) is 36.4. The fourth-order valence-corrected chi connectivity index (χ4v) is 17.6. The number of hydrogen-bond donors (Lipinski definition) is 27. The number of hydrogen-bond acceptors (Lipinski definition) is 39. The summed E-state index contributed by atoms with van der Waals surface area (Å²) in [6.45, 7) is 1.69. The van der Waals surface area contributed by atoms with Crippen molar-refractivity contribution >= 4 is 109 Å². The molecule has 4 saturated heterocycles. The molecule has 4 fully saturated rings. The van der Waals surface area contributed by atoms with Crippen LogP contribution in [0.4, 0.5) is 0 Å². The van der Waals surface area contributed by atoms with Gasteiger partial charge in [-0.1, -0.05) is 19.3 Å². The molecule has 1 aromatic rings. The van der Waals surface area contributed by atoms with E-state index in [-0.39, 0.29) is 210 Å². The third kappa shape index (κ3) is 50.4. The number of carboxylic acid groups (broad SMARTS) is 1. The monoisotopic (exact) mass is 2170 g/mol. The number of aliphatic hydroxyl groups excluding tert-OH is 12. The van der Waals surface area contributed by atoms with Gasteiger partial charge in [0.1, 0.15) is 128 Å². The average molecular weight is 2170 g/mol. The van der Waals surface area contributed by atoms with Crippen LogP contribution in [0.15, 0.2) is 18.2 Å². The molecule has 0 bridgehead atoms. The Balaban J connectivity index is 1.25. The fraction of sp³-hybridized carbons (Fsp3) is 0.777. The van der Waals surface area contributed by atoms with Crippen molar-refractivity contribution in [2.45, 2.75) is 341 Å². The Hall–Kier alpha value is -9.32. The topological polar surface area (TPSA) is 797 Å². The quantitative estimate of drug-likeness (QED) is 0.0213. The zero-order chi connectivity index (χ0) is 110. The second kappa shape index (κ2) is 73.8. The van der Waals surface area contributed by atoms with Gasteiger partial charge < -0.3 is 183 Å². The standard InChI is InChI=1S/C94H157N14O39PS/c1-54(113)103-74-82(128)78(124)63(50-109)144-91(74)139-39-19-11-27-68(117)95-31-16-9-24-61(107-71(120)29-13-21-41-141-93-76(105-56(3)115)84(130)80(126)65(52-111)146-93)88(134)101-36-34-99-86(132)58-46-59(48-60(47-58)138-44-38-97-70(119)26-8-7-15-33-98-90(136)67(49-73(122)123)149-45-23-6-5-18-43-143-148-137)87(133)100-35-37-102-89(135)62(108-72(121)30-14-22-42-142-94-77(106-57(4)116)85(131)81(127)66(53-112)147-94)25-10-17-32-96-69(118)28-12-20-40-140-92-75(104-55(2)114)83(129)79(125)64(51-110)145-92/h46-48,61-67,74-85,91-94,109-112,124-131,148H,5-45,49-53H2,1-4H3,(H14-,95,96,97,98,99,100,101,102,103,104,105,106,107,108,113,114,115,116,117,118,119,120,121,122,123,132,133,134,135,136)/p+1/t61-,62-,63?,64?,65?,66?,67?,74?,75?,76?,77?,78?,79?,80?,81?,82?,83?,84?,85?,91?,92?,93?,94?/m0/s1. The number of aliphatic carboxylic acids is 1. The first-order valence-electron chi connectivity index (χ1n) is 50.8. The third-order valence-electron chi connectivity index (χ3n) is 24.2. The van der Waals surface area contributed by atoms with Crippen molar-refractivity contribution in [3.63, 3.8) is 0 Å². The van der Waals surface area contributed by atoms with Gasteiger partial charge >= 0.3 is 14.7 Å². The third-order valence-corrected chi connectivity index (χ3v) is 25.8. The molecule has 0 radical (unpaired) electrons. The summed E-state index contributed by atoms with van der Waals surface area (Å²) >= 11 is 1.25. The molecule has 1 aromatic carbocycles. The molecule has 0 aliphatic carbocycles. The smallest absolute Gasteiger partial charge is 0.492 e. The number of benzene rings is 1. The van der Waals surface area contributed by atoms with Gasteiger partial charge in [0, 0.05) is 143 Å². The summed E-state index contributed by atoms with van der Waals surface area (Å²) < 4.78 is 66.9. The number of rotatable bonds is 76. The van der Waals surface area contributed by atoms with E-state index >= 15 is 0 Å². The van der Waals surface area contributed by atoms with Crippen LogP contribution in [0.1, 0.15) is 222 Å². The van der Waals surface area contributed by atoms with E-state index < -0.39 is 246 Å². The molecule has 848 valence electrons. The highest BCUT2D eigenvalue weighted by atomic mass is 32.2. The average Bonchev–Trinajstić information content (AvgIpc) is 0.810. The van der Waals surface area contributed by atoms with E-state index in [0.717, 1.165) is 25.7 Å². The predicted molar refractivity (Wildman–Crippen MR) is 527 cm³/mol. The summed E-state index contributed by atoms with van der Waals surface area (Å²) in [4.78, 5) is 195. The normalized spacial score (nSPS) is 24.2. The summed E-state index contributed by atoms with van der Waals surface area (Å²) in [5.41, 5.74) is -0.263. The lowest BCUT2D eigenvalue weighted by atomic mass is 9.97. The number of unbranched alkanes of at least 4 members (excludes halogenated alkanes) is 11. The largest absolute Gasteiger partial charge is 0.494 e. The van der Waals surface area contributed by atoms with Gasteiger partial charge in [-0.15, -0.1) is 16.3 Å². The van der Waals surface area contributed by atoms with Gasteiger partial charge in [0.25, 0.3) is 11.8 Å². The molecule has 55 heteroatoms. The number of aliphatic hydroxyl groups is 12. The van der Waals surface area contributed by atoms with Crippen molar-refractivity contribution in [2.75, 3.05) is 124 Å². The lowest BCUT2D eigenvalue weighted by Gasteiger charge is -2.42. The van der Waals surface area contributed by atoms with Crippen molar-refractivity contribution in [3.05, 3.63) is 29.3 Å². The van der Waals surface area contributed by atoms with Crippen LogP contribution in [0, 0.1) is 0 Å². The van der Waals surface area contributed by atoms with E-state index in [1.54, 1.807) is 0 Å². The Kier molecular flexibility index (Phi) is 64.5. The molecule has 4 aliphatic rings. The molecule has 5 rings (SSSR count). The van der Waals surface area contributed by atoms with E-state index in [0.29, 0.717) is 70.1 Å². The highest BCUT2D eigenvalue weighted by Crippen LogP contribution is 2.29. The lowest BCUT2D eigenvalue weighted by Crippen LogP contribution is -2.64. The summed E-state index contributed by atoms with van der Waals surface area (Å²) in [7, 11) is -0.828. The van der Waals surface area contributed by atoms with Crippen LogP contribution in [-0.2, 0) is 109 Å². The van der Waals surface area contributed by atoms with Crippen molar-refractivity contribution in [3.8, 4) is 5.75 Å². The maximum absolute atomic E-state index is 14.2. The number of ether oxygens (including phenoxy) is 9. The van der Waals surface area contributed by atoms with Crippen molar-refractivity contribution in [1.29, 1.82) is 0 Å². The summed E-state index contributed by atoms with van der Waals surface area (Å²) in [5, 5.41) is 169. The van der Waals surface area contributed by atoms with E-state index in [4.69, 9.17) is 47.2 Å². The van der Waals surface area contributed by atoms with Crippen LogP contribution >= 0.6 is 20.4 Å². The molecule has 0 spiro atoms. The maximum Gasteiger partial charge on any atom is 0.494 e. The second-order valence-corrected chi connectivity index (χ2v) is 38.2. The molecule has 24 atom stereocenters. The molecule has 14 amide bonds. The van der Waals surface area contributed by atoms with Crippen LogP contribution in [0.3, 0.4) is 0 Å². The molecule has 149 heavy (non-hydrogen) atoms.